The van der Waals surface area contributed by atoms with Crippen LogP contribution in [0.5, 0.6) is 0 Å². The van der Waals surface area contributed by atoms with Gasteiger partial charge in [-0.25, -0.2) is 0 Å². The fourth-order valence-corrected chi connectivity index (χ4v) is 5.03. The van der Waals surface area contributed by atoms with Crippen LogP contribution < -0.4 is 0 Å². The Bertz CT molecular complexity index is 641. The Morgan fingerprint density at radius 2 is 1.79 bits per heavy atom. The van der Waals surface area contributed by atoms with E-state index in [1.165, 1.54) is 16.7 Å². The van der Waals surface area contributed by atoms with Gasteiger partial charge in [0.1, 0.15) is 0 Å². The summed E-state index contributed by atoms with van der Waals surface area (Å²) in [6, 6.07) is 8.81. The predicted molar refractivity (Wildman–Crippen MR) is 77.4 cm³/mol. The Kier molecular flexibility index (Phi) is 3.10. The first-order valence-corrected chi connectivity index (χ1v) is 8.09. The summed E-state index contributed by atoms with van der Waals surface area (Å²) in [5.41, 5.74) is 7.77. The van der Waals surface area contributed by atoms with Crippen molar-refractivity contribution in [3.8, 4) is 0 Å². The van der Waals surface area contributed by atoms with Gasteiger partial charge in [0.2, 0.25) is 0 Å². The van der Waals surface area contributed by atoms with Gasteiger partial charge in [0.25, 0.3) is 0 Å². The summed E-state index contributed by atoms with van der Waals surface area (Å²) < 4.78 is 1.58. The molecule has 1 heteroatoms. The third-order valence-corrected chi connectivity index (χ3v) is 6.51. The van der Waals surface area contributed by atoms with Gasteiger partial charge >= 0.3 is 131 Å². The third kappa shape index (κ3) is 1.82. The van der Waals surface area contributed by atoms with Crippen LogP contribution >= 0.6 is 0 Å². The zero-order valence-electron chi connectivity index (χ0n) is 12.0. The normalized spacial score (nSPS) is 24.3. The standard InChI is InChI=1S/C18H19.Zr/c1-12-11-17(18(3,4)13(12)2)16-10-9-14-7-5-6-8-15(14)16;/h5-10,16H,1-4H3;. The van der Waals surface area contributed by atoms with Crippen molar-refractivity contribution in [1.29, 1.82) is 0 Å². The number of fused-ring (bicyclic) bond motifs is 1. The first-order chi connectivity index (χ1) is 8.94. The Hall–Kier alpha value is -0.677. The van der Waals surface area contributed by atoms with Crippen LogP contribution in [0, 0.1) is 5.41 Å². The first-order valence-electron chi connectivity index (χ1n) is 6.86. The molecule has 0 heterocycles. The summed E-state index contributed by atoms with van der Waals surface area (Å²) >= 11 is 1.55. The summed E-state index contributed by atoms with van der Waals surface area (Å²) in [6.07, 6.45) is 4.67. The van der Waals surface area contributed by atoms with Crippen molar-refractivity contribution < 1.29 is 24.7 Å². The van der Waals surface area contributed by atoms with Crippen LogP contribution in [0.25, 0.3) is 6.08 Å². The van der Waals surface area contributed by atoms with Crippen molar-refractivity contribution in [3.63, 3.8) is 0 Å². The van der Waals surface area contributed by atoms with Gasteiger partial charge < -0.3 is 0 Å². The fourth-order valence-electron chi connectivity index (χ4n) is 3.42. The van der Waals surface area contributed by atoms with E-state index in [2.05, 4.69) is 64.1 Å². The SMILES string of the molecule is CC1=C(C)C(C)(C)C(C2C=Cc3ccccc32)=[C]1[Zr]. The molecule has 95 valence electrons. The first kappa shape index (κ1) is 13.3. The molecule has 2 aliphatic carbocycles. The minimum absolute atomic E-state index is 0.204. The van der Waals surface area contributed by atoms with Gasteiger partial charge in [-0.1, -0.05) is 0 Å². The molecule has 1 aromatic carbocycles. The van der Waals surface area contributed by atoms with Gasteiger partial charge in [0.05, 0.1) is 0 Å². The van der Waals surface area contributed by atoms with E-state index in [1.807, 2.05) is 0 Å². The van der Waals surface area contributed by atoms with Crippen LogP contribution in [0.4, 0.5) is 0 Å². The molecule has 2 aliphatic rings. The van der Waals surface area contributed by atoms with Gasteiger partial charge in [0, 0.05) is 0 Å². The van der Waals surface area contributed by atoms with Gasteiger partial charge in [-0.15, -0.1) is 0 Å². The molecule has 0 amide bonds. The second-order valence-corrected chi connectivity index (χ2v) is 7.36. The van der Waals surface area contributed by atoms with E-state index >= 15 is 0 Å². The maximum absolute atomic E-state index is 2.39. The van der Waals surface area contributed by atoms with E-state index in [0.717, 1.165) is 0 Å². The van der Waals surface area contributed by atoms with Crippen molar-refractivity contribution >= 4 is 6.08 Å². The molecule has 1 aromatic rings. The van der Waals surface area contributed by atoms with Crippen molar-refractivity contribution in [2.45, 2.75) is 33.6 Å². The summed E-state index contributed by atoms with van der Waals surface area (Å²) in [4.78, 5) is 0. The number of benzene rings is 1. The molecule has 0 N–H and O–H groups in total. The molecule has 0 saturated carbocycles. The van der Waals surface area contributed by atoms with Crippen LogP contribution in [0.1, 0.15) is 44.7 Å². The van der Waals surface area contributed by atoms with E-state index in [-0.39, 0.29) is 5.41 Å². The quantitative estimate of drug-likeness (QED) is 0.683. The maximum atomic E-state index is 2.39. The number of hydrogen-bond donors (Lipinski definition) is 0. The van der Waals surface area contributed by atoms with Gasteiger partial charge in [-0.3, -0.25) is 0 Å². The van der Waals surface area contributed by atoms with Crippen molar-refractivity contribution in [2.24, 2.45) is 5.41 Å². The molecule has 0 bridgehead atoms. The molecule has 0 fully saturated rings. The molecule has 19 heavy (non-hydrogen) atoms. The van der Waals surface area contributed by atoms with E-state index in [4.69, 9.17) is 0 Å². The van der Waals surface area contributed by atoms with Gasteiger partial charge in [-0.2, -0.15) is 0 Å². The second kappa shape index (κ2) is 4.42. The summed E-state index contributed by atoms with van der Waals surface area (Å²) in [7, 11) is 0. The molecule has 0 spiro atoms. The number of allylic oxidation sites excluding steroid dienone is 5. The monoisotopic (exact) mass is 325 g/mol. The number of hydrogen-bond acceptors (Lipinski definition) is 0. The van der Waals surface area contributed by atoms with Crippen molar-refractivity contribution in [3.05, 3.63) is 61.5 Å². The summed E-state index contributed by atoms with van der Waals surface area (Å²) in [6.45, 7) is 9.36. The second-order valence-electron chi connectivity index (χ2n) is 6.13. The molecule has 0 saturated heterocycles. The van der Waals surface area contributed by atoms with Gasteiger partial charge in [-0.05, 0) is 0 Å². The zero-order chi connectivity index (χ0) is 13.8. The number of rotatable bonds is 1. The van der Waals surface area contributed by atoms with E-state index in [1.54, 1.807) is 39.1 Å². The molecular weight excluding hydrogens is 307 g/mol. The molecule has 1 atom stereocenters. The zero-order valence-corrected chi connectivity index (χ0v) is 14.5. The molecule has 0 radical (unpaired) electrons. The molecule has 0 aliphatic heterocycles. The van der Waals surface area contributed by atoms with Crippen LogP contribution in [0.3, 0.4) is 0 Å². The Labute approximate surface area is 131 Å². The van der Waals surface area contributed by atoms with Crippen LogP contribution in [0.2, 0.25) is 0 Å². The van der Waals surface area contributed by atoms with Crippen LogP contribution in [0.15, 0.2) is 50.3 Å². The topological polar surface area (TPSA) is 0 Å². The summed E-state index contributed by atoms with van der Waals surface area (Å²) in [5, 5.41) is 0. The Balaban J connectivity index is 2.14. The van der Waals surface area contributed by atoms with E-state index < -0.39 is 0 Å². The van der Waals surface area contributed by atoms with Crippen molar-refractivity contribution in [2.75, 3.05) is 0 Å². The molecule has 0 aromatic heterocycles. The molecule has 3 rings (SSSR count). The van der Waals surface area contributed by atoms with Crippen LogP contribution in [-0.4, -0.2) is 0 Å². The predicted octanol–water partition coefficient (Wildman–Crippen LogP) is 4.97. The molecule has 0 nitrogen and oxygen atoms in total. The molecule has 1 unspecified atom stereocenters. The fraction of sp³-hybridized carbons (Fsp3) is 0.333. The Morgan fingerprint density at radius 3 is 2.42 bits per heavy atom. The average molecular weight is 327 g/mol. The van der Waals surface area contributed by atoms with Gasteiger partial charge in [0.15, 0.2) is 0 Å². The van der Waals surface area contributed by atoms with E-state index in [9.17, 15) is 0 Å². The Morgan fingerprint density at radius 1 is 1.11 bits per heavy atom. The van der Waals surface area contributed by atoms with Crippen molar-refractivity contribution in [1.82, 2.24) is 0 Å². The average Bonchev–Trinajstić information content (AvgIpc) is 2.86. The molecular formula is C18H19Zr. The minimum atomic E-state index is 0.204. The summed E-state index contributed by atoms with van der Waals surface area (Å²) in [5.74, 6) is 0.480. The third-order valence-electron chi connectivity index (χ3n) is 4.93. The van der Waals surface area contributed by atoms with Crippen LogP contribution in [-0.2, 0) is 24.7 Å². The van der Waals surface area contributed by atoms with E-state index in [0.29, 0.717) is 5.92 Å².